The van der Waals surface area contributed by atoms with Crippen LogP contribution >= 0.6 is 0 Å². The summed E-state index contributed by atoms with van der Waals surface area (Å²) in [5, 5.41) is 8.62. The molecule has 0 atom stereocenters. The highest BCUT2D eigenvalue weighted by Crippen LogP contribution is 2.06. The van der Waals surface area contributed by atoms with Crippen LogP contribution < -0.4 is 0 Å². The van der Waals surface area contributed by atoms with Gasteiger partial charge in [0.1, 0.15) is 0 Å². The standard InChI is InChI=1S/C12H23NO4/c1-10(2)13(8-7-12(15)16)11(14)6-4-5-9-17-3/h10H,4-9H2,1-3H3,(H,15,16). The number of aliphatic carboxylic acids is 1. The molecule has 100 valence electrons. The number of methoxy groups -OCH3 is 1. The first-order chi connectivity index (χ1) is 7.99. The minimum Gasteiger partial charge on any atom is -0.481 e. The van der Waals surface area contributed by atoms with E-state index in [1.807, 2.05) is 13.8 Å². The number of carboxylic acids is 1. The van der Waals surface area contributed by atoms with Crippen LogP contribution in [0, 0.1) is 0 Å². The van der Waals surface area contributed by atoms with Gasteiger partial charge in [-0.2, -0.15) is 0 Å². The zero-order valence-corrected chi connectivity index (χ0v) is 10.9. The fourth-order valence-corrected chi connectivity index (χ4v) is 1.55. The molecule has 0 aliphatic rings. The smallest absolute Gasteiger partial charge is 0.305 e. The van der Waals surface area contributed by atoms with E-state index in [9.17, 15) is 9.59 Å². The maximum atomic E-state index is 11.9. The minimum absolute atomic E-state index is 0.00198. The van der Waals surface area contributed by atoms with Crippen LogP contribution in [0.25, 0.3) is 0 Å². The van der Waals surface area contributed by atoms with Crippen molar-refractivity contribution in [1.29, 1.82) is 0 Å². The number of hydrogen-bond acceptors (Lipinski definition) is 3. The lowest BCUT2D eigenvalue weighted by Crippen LogP contribution is -2.38. The Hall–Kier alpha value is -1.10. The molecule has 0 aliphatic carbocycles. The largest absolute Gasteiger partial charge is 0.481 e. The second kappa shape index (κ2) is 8.98. The normalized spacial score (nSPS) is 10.6. The molecule has 0 aromatic carbocycles. The first-order valence-corrected chi connectivity index (χ1v) is 5.99. The molecule has 0 aliphatic heterocycles. The van der Waals surface area contributed by atoms with E-state index in [0.29, 0.717) is 13.0 Å². The van der Waals surface area contributed by atoms with E-state index < -0.39 is 5.97 Å². The number of amides is 1. The van der Waals surface area contributed by atoms with Crippen LogP contribution in [-0.2, 0) is 14.3 Å². The van der Waals surface area contributed by atoms with Crippen molar-refractivity contribution in [2.75, 3.05) is 20.3 Å². The van der Waals surface area contributed by atoms with Gasteiger partial charge in [0.15, 0.2) is 0 Å². The Morgan fingerprint density at radius 3 is 2.35 bits per heavy atom. The molecule has 1 amide bonds. The fraction of sp³-hybridized carbons (Fsp3) is 0.833. The molecule has 0 saturated carbocycles. The van der Waals surface area contributed by atoms with Gasteiger partial charge in [-0.25, -0.2) is 0 Å². The van der Waals surface area contributed by atoms with Crippen molar-refractivity contribution in [3.63, 3.8) is 0 Å². The summed E-state index contributed by atoms with van der Waals surface area (Å²) >= 11 is 0. The van der Waals surface area contributed by atoms with E-state index in [0.717, 1.165) is 12.8 Å². The van der Waals surface area contributed by atoms with E-state index in [1.165, 1.54) is 0 Å². The Morgan fingerprint density at radius 1 is 1.24 bits per heavy atom. The Kier molecular flexibility index (Phi) is 8.40. The van der Waals surface area contributed by atoms with Crippen LogP contribution in [0.15, 0.2) is 0 Å². The van der Waals surface area contributed by atoms with E-state index in [4.69, 9.17) is 9.84 Å². The van der Waals surface area contributed by atoms with Crippen molar-refractivity contribution in [2.45, 2.75) is 45.6 Å². The number of rotatable bonds is 9. The van der Waals surface area contributed by atoms with Crippen LogP contribution in [0.3, 0.4) is 0 Å². The van der Waals surface area contributed by atoms with Crippen molar-refractivity contribution in [1.82, 2.24) is 4.90 Å². The van der Waals surface area contributed by atoms with E-state index in [-0.39, 0.29) is 24.9 Å². The Bertz CT molecular complexity index is 241. The van der Waals surface area contributed by atoms with Crippen LogP contribution in [-0.4, -0.2) is 48.2 Å². The number of unbranched alkanes of at least 4 members (excludes halogenated alkanes) is 1. The summed E-state index contributed by atoms with van der Waals surface area (Å²) < 4.78 is 4.91. The van der Waals surface area contributed by atoms with Crippen molar-refractivity contribution in [3.8, 4) is 0 Å². The lowest BCUT2D eigenvalue weighted by molar-refractivity contribution is -0.139. The first kappa shape index (κ1) is 15.9. The van der Waals surface area contributed by atoms with Gasteiger partial charge in [0.2, 0.25) is 5.91 Å². The highest BCUT2D eigenvalue weighted by molar-refractivity contribution is 5.77. The lowest BCUT2D eigenvalue weighted by atomic mass is 10.2. The fourth-order valence-electron chi connectivity index (χ4n) is 1.55. The number of carbonyl (C=O) groups is 2. The lowest BCUT2D eigenvalue weighted by Gasteiger charge is -2.26. The molecular weight excluding hydrogens is 222 g/mol. The van der Waals surface area contributed by atoms with Crippen LogP contribution in [0.1, 0.15) is 39.5 Å². The van der Waals surface area contributed by atoms with Crippen LogP contribution in [0.5, 0.6) is 0 Å². The summed E-state index contributed by atoms with van der Waals surface area (Å²) in [5.74, 6) is -0.847. The number of hydrogen-bond donors (Lipinski definition) is 1. The molecule has 0 rings (SSSR count). The van der Waals surface area contributed by atoms with E-state index in [2.05, 4.69) is 0 Å². The summed E-state index contributed by atoms with van der Waals surface area (Å²) in [7, 11) is 1.63. The summed E-state index contributed by atoms with van der Waals surface area (Å²) in [5.41, 5.74) is 0. The van der Waals surface area contributed by atoms with Crippen LogP contribution in [0.2, 0.25) is 0 Å². The zero-order valence-electron chi connectivity index (χ0n) is 10.9. The molecule has 0 unspecified atom stereocenters. The molecule has 0 fully saturated rings. The van der Waals surface area contributed by atoms with Crippen molar-refractivity contribution < 1.29 is 19.4 Å². The third-order valence-corrected chi connectivity index (χ3v) is 2.50. The summed E-state index contributed by atoms with van der Waals surface area (Å²) in [4.78, 5) is 24.0. The number of ether oxygens (including phenoxy) is 1. The highest BCUT2D eigenvalue weighted by atomic mass is 16.5. The average Bonchev–Trinajstić information content (AvgIpc) is 2.23. The molecule has 5 nitrogen and oxygen atoms in total. The maximum absolute atomic E-state index is 11.9. The molecule has 17 heavy (non-hydrogen) atoms. The molecule has 1 N–H and O–H groups in total. The van der Waals surface area contributed by atoms with Gasteiger partial charge in [0.05, 0.1) is 6.42 Å². The highest BCUT2D eigenvalue weighted by Gasteiger charge is 2.17. The third-order valence-electron chi connectivity index (χ3n) is 2.50. The summed E-state index contributed by atoms with van der Waals surface area (Å²) in [6.45, 7) is 4.74. The second-order valence-corrected chi connectivity index (χ2v) is 4.27. The summed E-state index contributed by atoms with van der Waals surface area (Å²) in [6.07, 6.45) is 2.10. The second-order valence-electron chi connectivity index (χ2n) is 4.27. The van der Waals surface area contributed by atoms with Crippen LogP contribution in [0.4, 0.5) is 0 Å². The van der Waals surface area contributed by atoms with E-state index in [1.54, 1.807) is 12.0 Å². The molecule has 0 aromatic rings. The van der Waals surface area contributed by atoms with E-state index >= 15 is 0 Å². The summed E-state index contributed by atoms with van der Waals surface area (Å²) in [6, 6.07) is 0.0456. The topological polar surface area (TPSA) is 66.8 Å². The Morgan fingerprint density at radius 2 is 1.88 bits per heavy atom. The molecule has 0 heterocycles. The van der Waals surface area contributed by atoms with Crippen molar-refractivity contribution >= 4 is 11.9 Å². The molecule has 0 aromatic heterocycles. The molecule has 0 radical (unpaired) electrons. The number of carbonyl (C=O) groups excluding carboxylic acids is 1. The molecular formula is C12H23NO4. The number of nitrogens with zero attached hydrogens (tertiary/aromatic N) is 1. The zero-order chi connectivity index (χ0) is 13.3. The molecule has 0 spiro atoms. The van der Waals surface area contributed by atoms with Gasteiger partial charge in [-0.3, -0.25) is 9.59 Å². The Balaban J connectivity index is 4.02. The van der Waals surface area contributed by atoms with Gasteiger partial charge >= 0.3 is 5.97 Å². The minimum atomic E-state index is -0.872. The van der Waals surface area contributed by atoms with Gasteiger partial charge < -0.3 is 14.7 Å². The maximum Gasteiger partial charge on any atom is 0.305 e. The quantitative estimate of drug-likeness (QED) is 0.625. The van der Waals surface area contributed by atoms with Gasteiger partial charge in [-0.15, -0.1) is 0 Å². The third kappa shape index (κ3) is 7.74. The average molecular weight is 245 g/mol. The predicted molar refractivity (Wildman–Crippen MR) is 64.8 cm³/mol. The SMILES string of the molecule is COCCCCC(=O)N(CCC(=O)O)C(C)C. The monoisotopic (exact) mass is 245 g/mol. The first-order valence-electron chi connectivity index (χ1n) is 5.99. The molecule has 5 heteroatoms. The predicted octanol–water partition coefficient (Wildman–Crippen LogP) is 1.51. The van der Waals surface area contributed by atoms with Gasteiger partial charge in [-0.05, 0) is 26.7 Å². The Labute approximate surface area is 103 Å². The van der Waals surface area contributed by atoms with Crippen molar-refractivity contribution in [3.05, 3.63) is 0 Å². The van der Waals surface area contributed by atoms with Crippen molar-refractivity contribution in [2.24, 2.45) is 0 Å². The number of carboxylic acid groups (broad SMARTS) is 1. The van der Waals surface area contributed by atoms with Gasteiger partial charge in [-0.1, -0.05) is 0 Å². The molecule has 0 bridgehead atoms. The van der Waals surface area contributed by atoms with Gasteiger partial charge in [0.25, 0.3) is 0 Å². The molecule has 0 saturated heterocycles. The van der Waals surface area contributed by atoms with Gasteiger partial charge in [0, 0.05) is 32.7 Å².